The molecule has 0 aromatic carbocycles. The van der Waals surface area contributed by atoms with Crippen molar-refractivity contribution >= 4 is 52.2 Å². The van der Waals surface area contributed by atoms with Crippen LogP contribution in [0.1, 0.15) is 77.6 Å². The molecule has 1 atom stereocenters. The lowest BCUT2D eigenvalue weighted by Crippen LogP contribution is -2.28. The first-order chi connectivity index (χ1) is 11.4. The zero-order valence-corrected chi connectivity index (χ0v) is 17.6. The zero-order chi connectivity index (χ0) is 18.3. The molecule has 140 valence electrons. The van der Waals surface area contributed by atoms with Crippen molar-refractivity contribution in [2.24, 2.45) is 0 Å². The summed E-state index contributed by atoms with van der Waals surface area (Å²) >= 11 is 22.5. The fourth-order valence-corrected chi connectivity index (χ4v) is 3.15. The van der Waals surface area contributed by atoms with Gasteiger partial charge >= 0.3 is 0 Å². The molecular formula is C19H30Cl4O. The number of rotatable bonds is 14. The van der Waals surface area contributed by atoms with E-state index in [0.717, 1.165) is 38.5 Å². The molecular weight excluding hydrogens is 386 g/mol. The van der Waals surface area contributed by atoms with Crippen molar-refractivity contribution < 1.29 is 4.79 Å². The molecule has 0 aliphatic heterocycles. The molecule has 0 spiro atoms. The van der Waals surface area contributed by atoms with Gasteiger partial charge in [-0.3, -0.25) is 4.79 Å². The van der Waals surface area contributed by atoms with E-state index < -0.39 is 15.0 Å². The summed E-state index contributed by atoms with van der Waals surface area (Å²) in [5, 5.41) is -0.707. The second-order valence-electron chi connectivity index (χ2n) is 6.00. The van der Waals surface area contributed by atoms with Crippen molar-refractivity contribution in [2.75, 3.05) is 0 Å². The molecule has 0 aromatic heterocycles. The highest BCUT2D eigenvalue weighted by molar-refractivity contribution is 6.77. The summed E-state index contributed by atoms with van der Waals surface area (Å²) in [5.41, 5.74) is 0. The largest absolute Gasteiger partial charge is 0.293 e. The van der Waals surface area contributed by atoms with Crippen molar-refractivity contribution in [3.05, 3.63) is 24.3 Å². The zero-order valence-electron chi connectivity index (χ0n) is 14.6. The lowest BCUT2D eigenvalue weighted by molar-refractivity contribution is -0.118. The molecule has 0 N–H and O–H groups in total. The van der Waals surface area contributed by atoms with Crippen LogP contribution in [0.25, 0.3) is 0 Å². The fraction of sp³-hybridized carbons (Fsp3) is 0.737. The molecule has 0 rings (SSSR count). The van der Waals surface area contributed by atoms with Crippen LogP contribution in [0.2, 0.25) is 0 Å². The number of alkyl halides is 4. The second kappa shape index (κ2) is 15.6. The van der Waals surface area contributed by atoms with E-state index in [1.807, 2.05) is 0 Å². The van der Waals surface area contributed by atoms with Crippen molar-refractivity contribution in [3.63, 3.8) is 0 Å². The van der Waals surface area contributed by atoms with Crippen molar-refractivity contribution in [1.29, 1.82) is 0 Å². The molecule has 0 radical (unpaired) electrons. The summed E-state index contributed by atoms with van der Waals surface area (Å²) in [5.74, 6) is -0.528. The number of unbranched alkanes of at least 4 members (excludes halogenated alkanes) is 7. The van der Waals surface area contributed by atoms with Crippen molar-refractivity contribution in [3.8, 4) is 0 Å². The Morgan fingerprint density at radius 1 is 0.875 bits per heavy atom. The molecule has 1 unspecified atom stereocenters. The molecule has 1 nitrogen and oxygen atoms in total. The monoisotopic (exact) mass is 414 g/mol. The van der Waals surface area contributed by atoms with Crippen molar-refractivity contribution in [2.45, 2.75) is 86.7 Å². The van der Waals surface area contributed by atoms with Gasteiger partial charge in [0.2, 0.25) is 9.58 Å². The van der Waals surface area contributed by atoms with E-state index >= 15 is 0 Å². The van der Waals surface area contributed by atoms with Gasteiger partial charge in [0.25, 0.3) is 0 Å². The first kappa shape index (κ1) is 24.3. The number of ketones is 1. The molecule has 0 aliphatic rings. The number of halogens is 4. The Hall–Kier alpha value is 0.310. The van der Waals surface area contributed by atoms with Gasteiger partial charge in [0.15, 0.2) is 0 Å². The summed E-state index contributed by atoms with van der Waals surface area (Å²) in [7, 11) is 0. The predicted molar refractivity (Wildman–Crippen MR) is 110 cm³/mol. The topological polar surface area (TPSA) is 17.1 Å². The van der Waals surface area contributed by atoms with Crippen LogP contribution < -0.4 is 0 Å². The van der Waals surface area contributed by atoms with E-state index in [1.165, 1.54) is 25.7 Å². The van der Waals surface area contributed by atoms with Gasteiger partial charge in [-0.05, 0) is 38.5 Å². The Kier molecular flexibility index (Phi) is 15.8. The third-order valence-electron chi connectivity index (χ3n) is 3.72. The number of carbonyl (C=O) groups is 1. The number of carbonyl (C=O) groups excluding carboxylic acids is 1. The van der Waals surface area contributed by atoms with Gasteiger partial charge in [-0.2, -0.15) is 0 Å². The minimum absolute atomic E-state index is 0.528. The molecule has 0 saturated carbocycles. The first-order valence-electron chi connectivity index (χ1n) is 8.94. The van der Waals surface area contributed by atoms with E-state index in [1.54, 1.807) is 0 Å². The Labute approximate surface area is 167 Å². The minimum atomic E-state index is -1.90. The first-order valence-corrected chi connectivity index (χ1v) is 10.5. The number of Topliss-reactive ketones (excluding diaryl/α,β-unsaturated/α-hetero) is 1. The molecule has 5 heteroatoms. The predicted octanol–water partition coefficient (Wildman–Crippen LogP) is 7.96. The summed E-state index contributed by atoms with van der Waals surface area (Å²) < 4.78 is -1.90. The van der Waals surface area contributed by atoms with E-state index in [-0.39, 0.29) is 0 Å². The second-order valence-corrected chi connectivity index (χ2v) is 8.80. The summed E-state index contributed by atoms with van der Waals surface area (Å²) in [6.45, 7) is 2.23. The highest BCUT2D eigenvalue weighted by atomic mass is 35.6. The van der Waals surface area contributed by atoms with Gasteiger partial charge < -0.3 is 0 Å². The molecule has 0 heterocycles. The van der Waals surface area contributed by atoms with E-state index in [0.29, 0.717) is 6.42 Å². The minimum Gasteiger partial charge on any atom is -0.293 e. The quantitative estimate of drug-likeness (QED) is 0.160. The van der Waals surface area contributed by atoms with Crippen LogP contribution in [0.5, 0.6) is 0 Å². The summed E-state index contributed by atoms with van der Waals surface area (Å²) in [4.78, 5) is 11.6. The van der Waals surface area contributed by atoms with E-state index in [9.17, 15) is 4.79 Å². The number of allylic oxidation sites excluding steroid dienone is 4. The van der Waals surface area contributed by atoms with Gasteiger partial charge in [-0.15, -0.1) is 11.6 Å². The maximum absolute atomic E-state index is 11.6. The molecule has 0 saturated heterocycles. The molecule has 24 heavy (non-hydrogen) atoms. The molecule has 0 bridgehead atoms. The van der Waals surface area contributed by atoms with Crippen LogP contribution in [0.4, 0.5) is 0 Å². The Morgan fingerprint density at radius 3 is 1.96 bits per heavy atom. The third-order valence-corrected chi connectivity index (χ3v) is 4.70. The molecule has 0 fully saturated rings. The molecule has 0 aromatic rings. The normalized spacial score (nSPS) is 13.9. The standard InChI is InChI=1S/C19H30Cl4O/c1-2-3-4-5-6-7-8-9-10-11-12-13-14-15-16-17(20)18(24)19(21,22)23/h6-7,9-10,17H,2-5,8,11-16H2,1H3/b7-6-,10-9-. The smallest absolute Gasteiger partial charge is 0.250 e. The Balaban J connectivity index is 3.48. The van der Waals surface area contributed by atoms with Gasteiger partial charge in [0.05, 0.1) is 5.38 Å². The van der Waals surface area contributed by atoms with Gasteiger partial charge in [-0.1, -0.05) is 98.1 Å². The van der Waals surface area contributed by atoms with E-state index in [4.69, 9.17) is 46.4 Å². The van der Waals surface area contributed by atoms with Gasteiger partial charge in [0.1, 0.15) is 0 Å². The highest BCUT2D eigenvalue weighted by Crippen LogP contribution is 2.31. The average Bonchev–Trinajstić information content (AvgIpc) is 2.53. The van der Waals surface area contributed by atoms with Gasteiger partial charge in [0, 0.05) is 0 Å². The Morgan fingerprint density at radius 2 is 1.42 bits per heavy atom. The van der Waals surface area contributed by atoms with E-state index in [2.05, 4.69) is 31.2 Å². The van der Waals surface area contributed by atoms with Crippen LogP contribution in [0, 0.1) is 0 Å². The maximum atomic E-state index is 11.6. The fourth-order valence-electron chi connectivity index (χ4n) is 2.27. The third kappa shape index (κ3) is 14.6. The van der Waals surface area contributed by atoms with Crippen LogP contribution in [0.3, 0.4) is 0 Å². The SMILES string of the molecule is CCCCC/C=C\C/C=C\CCCCCCC(Cl)C(=O)C(Cl)(Cl)Cl. The van der Waals surface area contributed by atoms with Crippen LogP contribution in [-0.2, 0) is 4.79 Å². The average molecular weight is 416 g/mol. The van der Waals surface area contributed by atoms with Gasteiger partial charge in [-0.25, -0.2) is 0 Å². The number of hydrogen-bond donors (Lipinski definition) is 0. The lowest BCUT2D eigenvalue weighted by Gasteiger charge is -2.14. The molecule has 0 amide bonds. The van der Waals surface area contributed by atoms with Crippen molar-refractivity contribution in [1.82, 2.24) is 0 Å². The number of hydrogen-bond acceptors (Lipinski definition) is 1. The Bertz CT molecular complexity index is 372. The summed E-state index contributed by atoms with van der Waals surface area (Å²) in [6.07, 6.45) is 21.0. The highest BCUT2D eigenvalue weighted by Gasteiger charge is 2.35. The van der Waals surface area contributed by atoms with Crippen LogP contribution >= 0.6 is 46.4 Å². The molecule has 0 aliphatic carbocycles. The van der Waals surface area contributed by atoms with Crippen LogP contribution in [0.15, 0.2) is 24.3 Å². The summed E-state index contributed by atoms with van der Waals surface area (Å²) in [6, 6.07) is 0. The lowest BCUT2D eigenvalue weighted by atomic mass is 10.1. The maximum Gasteiger partial charge on any atom is 0.250 e. The van der Waals surface area contributed by atoms with Crippen LogP contribution in [-0.4, -0.2) is 15.0 Å².